The summed E-state index contributed by atoms with van der Waals surface area (Å²) in [5.41, 5.74) is 1.21. The standard InChI is InChI=1S/C17H28N4O2.HI/c1-5-19-17(18-2)20-14-6-7-21(12-14)11-13-8-15(22-3)10-16(9-13)23-4;/h8-10,14H,5-7,11-12H2,1-4H3,(H2,18,19,20);1H. The molecule has 7 heteroatoms. The molecule has 0 aliphatic carbocycles. The topological polar surface area (TPSA) is 58.1 Å². The van der Waals surface area contributed by atoms with Crippen LogP contribution >= 0.6 is 24.0 Å². The Morgan fingerprint density at radius 1 is 1.25 bits per heavy atom. The fourth-order valence-electron chi connectivity index (χ4n) is 2.87. The Labute approximate surface area is 162 Å². The highest BCUT2D eigenvalue weighted by Gasteiger charge is 2.23. The van der Waals surface area contributed by atoms with Crippen LogP contribution in [0.2, 0.25) is 0 Å². The Morgan fingerprint density at radius 2 is 1.92 bits per heavy atom. The Bertz CT molecular complexity index is 517. The number of ether oxygens (including phenoxy) is 2. The van der Waals surface area contributed by atoms with Crippen molar-refractivity contribution in [2.24, 2.45) is 4.99 Å². The lowest BCUT2D eigenvalue weighted by Crippen LogP contribution is -2.44. The number of hydrogen-bond donors (Lipinski definition) is 2. The highest BCUT2D eigenvalue weighted by Crippen LogP contribution is 2.24. The third-order valence-electron chi connectivity index (χ3n) is 4.00. The molecule has 0 spiro atoms. The number of benzene rings is 1. The summed E-state index contributed by atoms with van der Waals surface area (Å²) < 4.78 is 10.7. The summed E-state index contributed by atoms with van der Waals surface area (Å²) in [6, 6.07) is 6.47. The molecule has 24 heavy (non-hydrogen) atoms. The van der Waals surface area contributed by atoms with Gasteiger partial charge in [0, 0.05) is 45.3 Å². The van der Waals surface area contributed by atoms with Crippen LogP contribution in [0.1, 0.15) is 18.9 Å². The van der Waals surface area contributed by atoms with Gasteiger partial charge in [0.25, 0.3) is 0 Å². The molecule has 136 valence electrons. The number of hydrogen-bond acceptors (Lipinski definition) is 4. The molecule has 1 unspecified atom stereocenters. The van der Waals surface area contributed by atoms with Gasteiger partial charge in [0.2, 0.25) is 0 Å². The van der Waals surface area contributed by atoms with Crippen LogP contribution < -0.4 is 20.1 Å². The molecular weight excluding hydrogens is 419 g/mol. The van der Waals surface area contributed by atoms with Gasteiger partial charge >= 0.3 is 0 Å². The molecular formula is C17H29IN4O2. The van der Waals surface area contributed by atoms with E-state index in [4.69, 9.17) is 9.47 Å². The van der Waals surface area contributed by atoms with Crippen LogP contribution in [-0.4, -0.2) is 57.8 Å². The minimum Gasteiger partial charge on any atom is -0.497 e. The second-order valence-corrected chi connectivity index (χ2v) is 5.69. The summed E-state index contributed by atoms with van der Waals surface area (Å²) in [5, 5.41) is 6.72. The summed E-state index contributed by atoms with van der Waals surface area (Å²) in [6.45, 7) is 5.92. The molecule has 1 aromatic rings. The number of aliphatic imine (C=N–C) groups is 1. The largest absolute Gasteiger partial charge is 0.497 e. The zero-order valence-electron chi connectivity index (χ0n) is 15.0. The van der Waals surface area contributed by atoms with E-state index in [0.29, 0.717) is 6.04 Å². The molecule has 0 saturated carbocycles. The predicted octanol–water partition coefficient (Wildman–Crippen LogP) is 2.08. The predicted molar refractivity (Wildman–Crippen MR) is 109 cm³/mol. The van der Waals surface area contributed by atoms with E-state index in [0.717, 1.165) is 50.1 Å². The van der Waals surface area contributed by atoms with Gasteiger partial charge in [0.05, 0.1) is 14.2 Å². The van der Waals surface area contributed by atoms with E-state index >= 15 is 0 Å². The van der Waals surface area contributed by atoms with Crippen molar-refractivity contribution in [2.75, 3.05) is 40.9 Å². The van der Waals surface area contributed by atoms with E-state index in [-0.39, 0.29) is 24.0 Å². The number of nitrogens with zero attached hydrogens (tertiary/aromatic N) is 2. The van der Waals surface area contributed by atoms with Gasteiger partial charge in [0.1, 0.15) is 11.5 Å². The lowest BCUT2D eigenvalue weighted by atomic mass is 10.2. The van der Waals surface area contributed by atoms with Gasteiger partial charge in [-0.1, -0.05) is 0 Å². The molecule has 1 saturated heterocycles. The molecule has 1 aliphatic heterocycles. The Kier molecular flexibility index (Phi) is 9.20. The van der Waals surface area contributed by atoms with Crippen LogP contribution in [0, 0.1) is 0 Å². The van der Waals surface area contributed by atoms with Crippen molar-refractivity contribution in [2.45, 2.75) is 25.9 Å². The van der Waals surface area contributed by atoms with Crippen LogP contribution in [0.4, 0.5) is 0 Å². The molecule has 0 aromatic heterocycles. The highest BCUT2D eigenvalue weighted by atomic mass is 127. The molecule has 1 heterocycles. The molecule has 2 N–H and O–H groups in total. The van der Waals surface area contributed by atoms with Gasteiger partial charge in [-0.05, 0) is 31.0 Å². The second kappa shape index (κ2) is 10.6. The molecule has 6 nitrogen and oxygen atoms in total. The molecule has 0 radical (unpaired) electrons. The quantitative estimate of drug-likeness (QED) is 0.397. The smallest absolute Gasteiger partial charge is 0.191 e. The zero-order chi connectivity index (χ0) is 16.7. The summed E-state index contributed by atoms with van der Waals surface area (Å²) >= 11 is 0. The first-order valence-electron chi connectivity index (χ1n) is 8.10. The Balaban J connectivity index is 0.00000288. The normalized spacial score (nSPS) is 18.0. The van der Waals surface area contributed by atoms with E-state index in [9.17, 15) is 0 Å². The maximum Gasteiger partial charge on any atom is 0.191 e. The number of halogens is 1. The fourth-order valence-corrected chi connectivity index (χ4v) is 2.87. The average Bonchev–Trinajstić information content (AvgIpc) is 3.00. The van der Waals surface area contributed by atoms with Gasteiger partial charge in [0.15, 0.2) is 5.96 Å². The minimum atomic E-state index is 0. The lowest BCUT2D eigenvalue weighted by molar-refractivity contribution is 0.321. The molecule has 0 amide bonds. The molecule has 1 aromatic carbocycles. The maximum atomic E-state index is 5.34. The van der Waals surface area contributed by atoms with Gasteiger partial charge in [-0.25, -0.2) is 0 Å². The summed E-state index contributed by atoms with van der Waals surface area (Å²) in [4.78, 5) is 6.67. The lowest BCUT2D eigenvalue weighted by Gasteiger charge is -2.19. The van der Waals surface area contributed by atoms with Crippen molar-refractivity contribution >= 4 is 29.9 Å². The number of nitrogens with one attached hydrogen (secondary N) is 2. The third-order valence-corrected chi connectivity index (χ3v) is 4.00. The summed E-state index contributed by atoms with van der Waals surface area (Å²) in [7, 11) is 5.17. The number of likely N-dealkylation sites (tertiary alicyclic amines) is 1. The maximum absolute atomic E-state index is 5.34. The van der Waals surface area contributed by atoms with Crippen molar-refractivity contribution in [3.05, 3.63) is 23.8 Å². The highest BCUT2D eigenvalue weighted by molar-refractivity contribution is 14.0. The van der Waals surface area contributed by atoms with E-state index in [1.54, 1.807) is 21.3 Å². The van der Waals surface area contributed by atoms with Crippen molar-refractivity contribution in [1.29, 1.82) is 0 Å². The first-order valence-corrected chi connectivity index (χ1v) is 8.10. The van der Waals surface area contributed by atoms with Crippen LogP contribution in [0.3, 0.4) is 0 Å². The van der Waals surface area contributed by atoms with Crippen molar-refractivity contribution in [3.63, 3.8) is 0 Å². The SMILES string of the molecule is CCNC(=NC)NC1CCN(Cc2cc(OC)cc(OC)c2)C1.I. The number of methoxy groups -OCH3 is 2. The molecule has 2 rings (SSSR count). The van der Waals surface area contributed by atoms with Gasteiger partial charge in [-0.3, -0.25) is 9.89 Å². The third kappa shape index (κ3) is 6.01. The molecule has 0 bridgehead atoms. The van der Waals surface area contributed by atoms with Crippen LogP contribution in [0.25, 0.3) is 0 Å². The molecule has 1 atom stereocenters. The first-order chi connectivity index (χ1) is 11.2. The molecule has 1 fully saturated rings. The summed E-state index contributed by atoms with van der Waals surface area (Å²) in [6.07, 6.45) is 1.12. The number of guanidine groups is 1. The van der Waals surface area contributed by atoms with E-state index < -0.39 is 0 Å². The zero-order valence-corrected chi connectivity index (χ0v) is 17.3. The van der Waals surface area contributed by atoms with Crippen molar-refractivity contribution in [1.82, 2.24) is 15.5 Å². The van der Waals surface area contributed by atoms with Crippen LogP contribution in [-0.2, 0) is 6.54 Å². The number of rotatable bonds is 6. The van der Waals surface area contributed by atoms with E-state index in [1.165, 1.54) is 5.56 Å². The minimum absolute atomic E-state index is 0. The van der Waals surface area contributed by atoms with E-state index in [2.05, 4.69) is 39.6 Å². The second-order valence-electron chi connectivity index (χ2n) is 5.69. The van der Waals surface area contributed by atoms with Crippen molar-refractivity contribution < 1.29 is 9.47 Å². The van der Waals surface area contributed by atoms with E-state index in [1.807, 2.05) is 6.07 Å². The van der Waals surface area contributed by atoms with Gasteiger partial charge in [-0.2, -0.15) is 0 Å². The first kappa shape index (κ1) is 20.8. The average molecular weight is 448 g/mol. The summed E-state index contributed by atoms with van der Waals surface area (Å²) in [5.74, 6) is 2.55. The Morgan fingerprint density at radius 3 is 2.46 bits per heavy atom. The van der Waals surface area contributed by atoms with Crippen molar-refractivity contribution in [3.8, 4) is 11.5 Å². The molecule has 1 aliphatic rings. The monoisotopic (exact) mass is 448 g/mol. The van der Waals surface area contributed by atoms with Gasteiger partial charge < -0.3 is 20.1 Å². The Hall–Kier alpha value is -1.22. The van der Waals surface area contributed by atoms with Gasteiger partial charge in [-0.15, -0.1) is 24.0 Å². The van der Waals surface area contributed by atoms with Crippen LogP contribution in [0.15, 0.2) is 23.2 Å². The van der Waals surface area contributed by atoms with Crippen LogP contribution in [0.5, 0.6) is 11.5 Å². The fraction of sp³-hybridized carbons (Fsp3) is 0.588.